The highest BCUT2D eigenvalue weighted by Gasteiger charge is 2.29. The molecule has 1 heterocycles. The van der Waals surface area contributed by atoms with Gasteiger partial charge in [-0.25, -0.2) is 0 Å². The lowest BCUT2D eigenvalue weighted by molar-refractivity contribution is 0.173. The van der Waals surface area contributed by atoms with Gasteiger partial charge in [-0.1, -0.05) is 60.6 Å². The van der Waals surface area contributed by atoms with Crippen molar-refractivity contribution in [3.63, 3.8) is 0 Å². The van der Waals surface area contributed by atoms with Gasteiger partial charge in [0.15, 0.2) is 11.5 Å². The Bertz CT molecular complexity index is 865. The zero-order valence-electron chi connectivity index (χ0n) is 19.0. The van der Waals surface area contributed by atoms with Gasteiger partial charge in [0.05, 0.1) is 6.61 Å². The molecule has 0 saturated heterocycles. The number of ether oxygens (including phenoxy) is 3. The molecule has 2 aromatic carbocycles. The Balaban J connectivity index is 2.18. The summed E-state index contributed by atoms with van der Waals surface area (Å²) in [5.41, 5.74) is 3.80. The summed E-state index contributed by atoms with van der Waals surface area (Å²) in [6.07, 6.45) is 0. The standard InChI is InChI=1S/C25H34O4/c1-9-27-20-13-22-21(28-14-29-22)12-17(20)15(2)16-10-18(24(3,4)5)23(26)19(11-16)25(6,7)8/h10-13,15,26H,9,14H2,1-8H3/t15-/m0/s1. The molecule has 3 rings (SSSR count). The summed E-state index contributed by atoms with van der Waals surface area (Å²) in [6.45, 7) is 17.8. The first-order valence-corrected chi connectivity index (χ1v) is 10.4. The molecule has 1 N–H and O–H groups in total. The third-order valence-electron chi connectivity index (χ3n) is 5.52. The van der Waals surface area contributed by atoms with Gasteiger partial charge < -0.3 is 19.3 Å². The average Bonchev–Trinajstić information content (AvgIpc) is 3.06. The summed E-state index contributed by atoms with van der Waals surface area (Å²) in [7, 11) is 0. The smallest absolute Gasteiger partial charge is 0.231 e. The predicted molar refractivity (Wildman–Crippen MR) is 117 cm³/mol. The second kappa shape index (κ2) is 7.47. The van der Waals surface area contributed by atoms with Gasteiger partial charge in [-0.05, 0) is 40.5 Å². The van der Waals surface area contributed by atoms with E-state index in [2.05, 4.69) is 60.6 Å². The molecule has 0 aromatic heterocycles. The topological polar surface area (TPSA) is 47.9 Å². The average molecular weight is 399 g/mol. The second-order valence-electron chi connectivity index (χ2n) is 9.86. The molecule has 1 aliphatic heterocycles. The van der Waals surface area contributed by atoms with E-state index in [1.54, 1.807) is 0 Å². The van der Waals surface area contributed by atoms with Crippen LogP contribution in [0.25, 0.3) is 0 Å². The number of hydrogen-bond donors (Lipinski definition) is 1. The Morgan fingerprint density at radius 3 is 1.93 bits per heavy atom. The Labute approximate surface area is 174 Å². The minimum Gasteiger partial charge on any atom is -0.507 e. The van der Waals surface area contributed by atoms with Crippen molar-refractivity contribution >= 4 is 0 Å². The van der Waals surface area contributed by atoms with Crippen molar-refractivity contribution in [2.75, 3.05) is 13.4 Å². The van der Waals surface area contributed by atoms with Gasteiger partial charge in [0, 0.05) is 17.5 Å². The number of phenolic OH excluding ortho intramolecular Hbond substituents is 1. The predicted octanol–water partition coefficient (Wildman–Crippen LogP) is 6.27. The lowest BCUT2D eigenvalue weighted by Crippen LogP contribution is -2.18. The minimum absolute atomic E-state index is 0.0637. The SMILES string of the molecule is CCOc1cc2c(cc1[C@@H](C)c1cc(C(C)(C)C)c(O)c(C(C)(C)C)c1)OCO2. The molecular weight excluding hydrogens is 364 g/mol. The minimum atomic E-state index is -0.169. The molecule has 2 aromatic rings. The number of aromatic hydroxyl groups is 1. The van der Waals surface area contributed by atoms with E-state index in [9.17, 15) is 5.11 Å². The van der Waals surface area contributed by atoms with Crippen molar-refractivity contribution in [2.45, 2.75) is 72.1 Å². The van der Waals surface area contributed by atoms with Crippen LogP contribution in [0, 0.1) is 0 Å². The summed E-state index contributed by atoms with van der Waals surface area (Å²) in [5.74, 6) is 2.75. The number of fused-ring (bicyclic) bond motifs is 1. The van der Waals surface area contributed by atoms with Gasteiger partial charge in [0.25, 0.3) is 0 Å². The van der Waals surface area contributed by atoms with E-state index >= 15 is 0 Å². The van der Waals surface area contributed by atoms with Crippen LogP contribution in [0.4, 0.5) is 0 Å². The number of phenols is 1. The highest BCUT2D eigenvalue weighted by molar-refractivity contribution is 5.57. The van der Waals surface area contributed by atoms with Crippen LogP contribution in [-0.2, 0) is 10.8 Å². The lowest BCUT2D eigenvalue weighted by Gasteiger charge is -2.29. The lowest BCUT2D eigenvalue weighted by atomic mass is 9.76. The summed E-state index contributed by atoms with van der Waals surface area (Å²) in [6, 6.07) is 8.22. The van der Waals surface area contributed by atoms with E-state index in [0.717, 1.165) is 39.5 Å². The van der Waals surface area contributed by atoms with E-state index < -0.39 is 0 Å². The van der Waals surface area contributed by atoms with Crippen LogP contribution in [0.3, 0.4) is 0 Å². The molecule has 0 fully saturated rings. The third-order valence-corrected chi connectivity index (χ3v) is 5.52. The molecule has 4 heteroatoms. The summed E-state index contributed by atoms with van der Waals surface area (Å²) < 4.78 is 17.1. The second-order valence-corrected chi connectivity index (χ2v) is 9.86. The Hall–Kier alpha value is -2.36. The van der Waals surface area contributed by atoms with E-state index in [1.165, 1.54) is 0 Å². The molecule has 0 unspecified atom stereocenters. The first-order valence-electron chi connectivity index (χ1n) is 10.4. The van der Waals surface area contributed by atoms with Gasteiger partial charge in [0.1, 0.15) is 11.5 Å². The number of hydrogen-bond acceptors (Lipinski definition) is 4. The molecule has 0 spiro atoms. The molecule has 29 heavy (non-hydrogen) atoms. The van der Waals surface area contributed by atoms with Crippen LogP contribution in [0.2, 0.25) is 0 Å². The van der Waals surface area contributed by atoms with E-state index in [1.807, 2.05) is 19.1 Å². The summed E-state index contributed by atoms with van der Waals surface area (Å²) in [4.78, 5) is 0. The van der Waals surface area contributed by atoms with E-state index in [-0.39, 0.29) is 23.5 Å². The molecule has 1 atom stereocenters. The van der Waals surface area contributed by atoms with Crippen molar-refractivity contribution in [1.82, 2.24) is 0 Å². The fourth-order valence-electron chi connectivity index (χ4n) is 3.79. The van der Waals surface area contributed by atoms with E-state index in [0.29, 0.717) is 12.4 Å². The monoisotopic (exact) mass is 398 g/mol. The van der Waals surface area contributed by atoms with Crippen molar-refractivity contribution in [1.29, 1.82) is 0 Å². The fourth-order valence-corrected chi connectivity index (χ4v) is 3.79. The summed E-state index contributed by atoms with van der Waals surface area (Å²) in [5, 5.41) is 11.0. The quantitative estimate of drug-likeness (QED) is 0.660. The molecule has 0 bridgehead atoms. The molecule has 0 amide bonds. The maximum absolute atomic E-state index is 11.0. The van der Waals surface area contributed by atoms with Crippen LogP contribution in [0.1, 0.15) is 83.6 Å². The third kappa shape index (κ3) is 4.17. The van der Waals surface area contributed by atoms with Crippen LogP contribution < -0.4 is 14.2 Å². The Kier molecular flexibility index (Phi) is 5.50. The van der Waals surface area contributed by atoms with Crippen molar-refractivity contribution in [3.8, 4) is 23.0 Å². The number of rotatable bonds is 4. The van der Waals surface area contributed by atoms with Gasteiger partial charge in [0.2, 0.25) is 6.79 Å². The highest BCUT2D eigenvalue weighted by Crippen LogP contribution is 2.45. The fraction of sp³-hybridized carbons (Fsp3) is 0.520. The molecule has 4 nitrogen and oxygen atoms in total. The summed E-state index contributed by atoms with van der Waals surface area (Å²) >= 11 is 0. The molecule has 0 aliphatic carbocycles. The largest absolute Gasteiger partial charge is 0.507 e. The molecule has 1 aliphatic rings. The van der Waals surface area contributed by atoms with Crippen LogP contribution >= 0.6 is 0 Å². The highest BCUT2D eigenvalue weighted by atomic mass is 16.7. The Morgan fingerprint density at radius 1 is 0.931 bits per heavy atom. The van der Waals surface area contributed by atoms with Crippen LogP contribution in [0.15, 0.2) is 24.3 Å². The molecule has 0 saturated carbocycles. The van der Waals surface area contributed by atoms with Gasteiger partial charge in [-0.15, -0.1) is 0 Å². The molecule has 158 valence electrons. The van der Waals surface area contributed by atoms with Crippen molar-refractivity contribution < 1.29 is 19.3 Å². The van der Waals surface area contributed by atoms with Crippen LogP contribution in [0.5, 0.6) is 23.0 Å². The van der Waals surface area contributed by atoms with Crippen molar-refractivity contribution in [2.24, 2.45) is 0 Å². The van der Waals surface area contributed by atoms with E-state index in [4.69, 9.17) is 14.2 Å². The maximum atomic E-state index is 11.0. The molecular formula is C25H34O4. The van der Waals surface area contributed by atoms with Crippen LogP contribution in [-0.4, -0.2) is 18.5 Å². The van der Waals surface area contributed by atoms with Crippen molar-refractivity contribution in [3.05, 3.63) is 46.5 Å². The first-order chi connectivity index (χ1) is 13.4. The maximum Gasteiger partial charge on any atom is 0.231 e. The van der Waals surface area contributed by atoms with Gasteiger partial charge in [-0.2, -0.15) is 0 Å². The molecule has 0 radical (unpaired) electrons. The zero-order valence-corrected chi connectivity index (χ0v) is 19.0. The van der Waals surface area contributed by atoms with Gasteiger partial charge >= 0.3 is 0 Å². The number of benzene rings is 2. The Morgan fingerprint density at radius 2 is 1.45 bits per heavy atom. The first kappa shape index (κ1) is 21.4. The normalized spacial score (nSPS) is 14.8. The zero-order chi connectivity index (χ0) is 21.6. The van der Waals surface area contributed by atoms with Gasteiger partial charge in [-0.3, -0.25) is 0 Å².